The Morgan fingerprint density at radius 2 is 2.00 bits per heavy atom. The molecule has 1 atom stereocenters. The smallest absolute Gasteiger partial charge is 0.241 e. The van der Waals surface area contributed by atoms with Crippen LogP contribution in [0.25, 0.3) is 0 Å². The molecule has 0 spiro atoms. The van der Waals surface area contributed by atoms with E-state index in [2.05, 4.69) is 15.6 Å². The minimum atomic E-state index is -0.392. The van der Waals surface area contributed by atoms with Crippen LogP contribution in [0.4, 0.5) is 0 Å². The van der Waals surface area contributed by atoms with Gasteiger partial charge in [0.2, 0.25) is 5.91 Å². The van der Waals surface area contributed by atoms with Crippen molar-refractivity contribution in [3.63, 3.8) is 0 Å². The number of hydrogen-bond acceptors (Lipinski definition) is 3. The van der Waals surface area contributed by atoms with Crippen molar-refractivity contribution in [3.05, 3.63) is 64.9 Å². The minimum absolute atomic E-state index is 0.0712. The summed E-state index contributed by atoms with van der Waals surface area (Å²) in [7, 11) is 1.63. The molecule has 1 aromatic carbocycles. The molecule has 2 N–H and O–H groups in total. The van der Waals surface area contributed by atoms with E-state index in [1.165, 1.54) is 0 Å². The molecule has 1 amide bonds. The molecule has 104 valence electrons. The zero-order valence-electron chi connectivity index (χ0n) is 11.1. The van der Waals surface area contributed by atoms with Crippen LogP contribution in [0.3, 0.4) is 0 Å². The standard InChI is InChI=1S/C15H16ClN3O/c1-17-15(20)14(12-5-3-2-4-6-12)19-10-11-7-8-13(16)18-9-11/h2-9,14,19H,10H2,1H3,(H,17,20)/t14-/m1/s1. The largest absolute Gasteiger partial charge is 0.358 e. The molecule has 2 rings (SSSR count). The molecular weight excluding hydrogens is 274 g/mol. The fraction of sp³-hybridized carbons (Fsp3) is 0.200. The second-order valence-electron chi connectivity index (χ2n) is 4.33. The van der Waals surface area contributed by atoms with E-state index in [0.29, 0.717) is 11.7 Å². The Balaban J connectivity index is 2.09. The summed E-state index contributed by atoms with van der Waals surface area (Å²) in [6.45, 7) is 0.539. The van der Waals surface area contributed by atoms with Crippen LogP contribution in [-0.4, -0.2) is 17.9 Å². The number of nitrogens with one attached hydrogen (secondary N) is 2. The molecule has 0 bridgehead atoms. The van der Waals surface area contributed by atoms with Crippen LogP contribution in [0.2, 0.25) is 5.15 Å². The van der Waals surface area contributed by atoms with E-state index in [1.807, 2.05) is 36.4 Å². The molecule has 0 radical (unpaired) electrons. The first kappa shape index (κ1) is 14.5. The lowest BCUT2D eigenvalue weighted by Gasteiger charge is -2.17. The monoisotopic (exact) mass is 289 g/mol. The van der Waals surface area contributed by atoms with E-state index in [4.69, 9.17) is 11.6 Å². The average molecular weight is 290 g/mol. The number of carbonyl (C=O) groups is 1. The molecule has 2 aromatic rings. The van der Waals surface area contributed by atoms with Gasteiger partial charge in [0.05, 0.1) is 0 Å². The number of amides is 1. The molecule has 20 heavy (non-hydrogen) atoms. The van der Waals surface area contributed by atoms with Gasteiger partial charge in [-0.25, -0.2) is 4.98 Å². The molecule has 0 aliphatic carbocycles. The molecule has 1 heterocycles. The minimum Gasteiger partial charge on any atom is -0.358 e. The lowest BCUT2D eigenvalue weighted by atomic mass is 10.1. The van der Waals surface area contributed by atoms with Gasteiger partial charge in [-0.3, -0.25) is 10.1 Å². The molecule has 1 aromatic heterocycles. The summed E-state index contributed by atoms with van der Waals surface area (Å²) in [4.78, 5) is 16.0. The lowest BCUT2D eigenvalue weighted by Crippen LogP contribution is -2.35. The third-order valence-electron chi connectivity index (χ3n) is 2.94. The maximum atomic E-state index is 12.0. The first-order valence-corrected chi connectivity index (χ1v) is 6.69. The molecular formula is C15H16ClN3O. The normalized spacial score (nSPS) is 11.9. The highest BCUT2D eigenvalue weighted by Crippen LogP contribution is 2.14. The number of benzene rings is 1. The quantitative estimate of drug-likeness (QED) is 0.831. The van der Waals surface area contributed by atoms with Crippen LogP contribution in [0.15, 0.2) is 48.7 Å². The summed E-state index contributed by atoms with van der Waals surface area (Å²) in [6, 6.07) is 12.8. The molecule has 0 saturated heterocycles. The van der Waals surface area contributed by atoms with Gasteiger partial charge in [0.15, 0.2) is 0 Å². The van der Waals surface area contributed by atoms with Crippen molar-refractivity contribution >= 4 is 17.5 Å². The SMILES string of the molecule is CNC(=O)[C@H](NCc1ccc(Cl)nc1)c1ccccc1. The topological polar surface area (TPSA) is 54.0 Å². The second-order valence-corrected chi connectivity index (χ2v) is 4.72. The van der Waals surface area contributed by atoms with Crippen LogP contribution in [0.5, 0.6) is 0 Å². The van der Waals surface area contributed by atoms with Crippen LogP contribution < -0.4 is 10.6 Å². The van der Waals surface area contributed by atoms with Gasteiger partial charge in [0.1, 0.15) is 11.2 Å². The van der Waals surface area contributed by atoms with Crippen molar-refractivity contribution in [1.82, 2.24) is 15.6 Å². The van der Waals surface area contributed by atoms with Gasteiger partial charge in [-0.05, 0) is 17.2 Å². The maximum Gasteiger partial charge on any atom is 0.241 e. The first-order valence-electron chi connectivity index (χ1n) is 6.31. The van der Waals surface area contributed by atoms with Gasteiger partial charge < -0.3 is 5.32 Å². The molecule has 0 saturated carbocycles. The summed E-state index contributed by atoms with van der Waals surface area (Å²) in [6.07, 6.45) is 1.70. The third-order valence-corrected chi connectivity index (χ3v) is 3.16. The van der Waals surface area contributed by atoms with Crippen molar-refractivity contribution in [3.8, 4) is 0 Å². The van der Waals surface area contributed by atoms with Crippen molar-refractivity contribution < 1.29 is 4.79 Å². The molecule has 0 fully saturated rings. The molecule has 4 nitrogen and oxygen atoms in total. The molecule has 5 heteroatoms. The Morgan fingerprint density at radius 3 is 2.60 bits per heavy atom. The van der Waals surface area contributed by atoms with Crippen LogP contribution >= 0.6 is 11.6 Å². The fourth-order valence-corrected chi connectivity index (χ4v) is 1.99. The Morgan fingerprint density at radius 1 is 1.25 bits per heavy atom. The van der Waals surface area contributed by atoms with E-state index in [0.717, 1.165) is 11.1 Å². The predicted molar refractivity (Wildman–Crippen MR) is 79.3 cm³/mol. The van der Waals surface area contributed by atoms with Gasteiger partial charge in [0.25, 0.3) is 0 Å². The first-order chi connectivity index (χ1) is 9.70. The zero-order valence-corrected chi connectivity index (χ0v) is 11.9. The van der Waals surface area contributed by atoms with Crippen LogP contribution in [0, 0.1) is 0 Å². The number of pyridine rings is 1. The summed E-state index contributed by atoms with van der Waals surface area (Å²) >= 11 is 5.75. The van der Waals surface area contributed by atoms with Crippen LogP contribution in [-0.2, 0) is 11.3 Å². The highest BCUT2D eigenvalue weighted by atomic mass is 35.5. The number of hydrogen-bond donors (Lipinski definition) is 2. The summed E-state index contributed by atoms with van der Waals surface area (Å²) in [5.41, 5.74) is 1.90. The van der Waals surface area contributed by atoms with Gasteiger partial charge in [-0.2, -0.15) is 0 Å². The Labute approximate surface area is 123 Å². The number of aromatic nitrogens is 1. The predicted octanol–water partition coefficient (Wildman–Crippen LogP) is 2.31. The molecule has 0 aliphatic heterocycles. The van der Waals surface area contributed by atoms with Crippen LogP contribution in [0.1, 0.15) is 17.2 Å². The zero-order chi connectivity index (χ0) is 14.4. The number of rotatable bonds is 5. The average Bonchev–Trinajstić information content (AvgIpc) is 2.50. The summed E-state index contributed by atoms with van der Waals surface area (Å²) in [5, 5.41) is 6.36. The second kappa shape index (κ2) is 7.03. The Kier molecular flexibility index (Phi) is 5.09. The summed E-state index contributed by atoms with van der Waals surface area (Å²) in [5.74, 6) is -0.0712. The van der Waals surface area contributed by atoms with Gasteiger partial charge in [-0.15, -0.1) is 0 Å². The summed E-state index contributed by atoms with van der Waals surface area (Å²) < 4.78 is 0. The van der Waals surface area contributed by atoms with E-state index < -0.39 is 6.04 Å². The van der Waals surface area contributed by atoms with Gasteiger partial charge >= 0.3 is 0 Å². The number of halogens is 1. The molecule has 0 aliphatic rings. The Hall–Kier alpha value is -1.91. The van der Waals surface area contributed by atoms with Gasteiger partial charge in [0, 0.05) is 19.8 Å². The van der Waals surface area contributed by atoms with E-state index >= 15 is 0 Å². The maximum absolute atomic E-state index is 12.0. The highest BCUT2D eigenvalue weighted by Gasteiger charge is 2.18. The number of likely N-dealkylation sites (N-methyl/N-ethyl adjacent to an activating group) is 1. The van der Waals surface area contributed by atoms with E-state index in [9.17, 15) is 4.79 Å². The van der Waals surface area contributed by atoms with Crippen molar-refractivity contribution in [2.24, 2.45) is 0 Å². The molecule has 0 unspecified atom stereocenters. The van der Waals surface area contributed by atoms with Crippen molar-refractivity contribution in [2.75, 3.05) is 7.05 Å². The van der Waals surface area contributed by atoms with E-state index in [-0.39, 0.29) is 5.91 Å². The third kappa shape index (κ3) is 3.79. The van der Waals surface area contributed by atoms with Crippen molar-refractivity contribution in [2.45, 2.75) is 12.6 Å². The van der Waals surface area contributed by atoms with Crippen molar-refractivity contribution in [1.29, 1.82) is 0 Å². The highest BCUT2D eigenvalue weighted by molar-refractivity contribution is 6.29. The number of carbonyl (C=O) groups excluding carboxylic acids is 1. The van der Waals surface area contributed by atoms with E-state index in [1.54, 1.807) is 19.3 Å². The lowest BCUT2D eigenvalue weighted by molar-refractivity contribution is -0.122. The fourth-order valence-electron chi connectivity index (χ4n) is 1.88. The Bertz CT molecular complexity index is 557. The number of nitrogens with zero attached hydrogens (tertiary/aromatic N) is 1. The van der Waals surface area contributed by atoms with Gasteiger partial charge in [-0.1, -0.05) is 48.0 Å².